The van der Waals surface area contributed by atoms with Crippen molar-refractivity contribution in [2.45, 2.75) is 44.1 Å². The zero-order valence-electron chi connectivity index (χ0n) is 8.50. The van der Waals surface area contributed by atoms with Gasteiger partial charge in [-0.2, -0.15) is 0 Å². The molecule has 1 fully saturated rings. The van der Waals surface area contributed by atoms with Crippen molar-refractivity contribution in [3.05, 3.63) is 0 Å². The molecule has 1 aliphatic heterocycles. The molecule has 0 aromatic heterocycles. The van der Waals surface area contributed by atoms with E-state index in [1.807, 2.05) is 0 Å². The van der Waals surface area contributed by atoms with Gasteiger partial charge < -0.3 is 9.47 Å². The van der Waals surface area contributed by atoms with E-state index in [1.54, 1.807) is 6.92 Å². The van der Waals surface area contributed by atoms with Crippen LogP contribution in [0.1, 0.15) is 32.6 Å². The second-order valence-electron chi connectivity index (χ2n) is 3.41. The average Bonchev–Trinajstić information content (AvgIpc) is 2.67. The van der Waals surface area contributed by atoms with Crippen LogP contribution in [0.15, 0.2) is 0 Å². The average molecular weight is 221 g/mol. The second-order valence-corrected chi connectivity index (χ2v) is 3.97. The highest BCUT2D eigenvalue weighted by Crippen LogP contribution is 2.22. The molecule has 0 aromatic rings. The summed E-state index contributed by atoms with van der Waals surface area (Å²) in [7, 11) is 0. The van der Waals surface area contributed by atoms with Crippen molar-refractivity contribution in [1.29, 1.82) is 0 Å². The summed E-state index contributed by atoms with van der Waals surface area (Å²) in [5, 5.41) is -0.0538. The highest BCUT2D eigenvalue weighted by atomic mass is 35.5. The van der Waals surface area contributed by atoms with Gasteiger partial charge >= 0.3 is 5.97 Å². The monoisotopic (exact) mass is 220 g/mol. The lowest BCUT2D eigenvalue weighted by molar-refractivity contribution is -0.143. The quantitative estimate of drug-likeness (QED) is 0.526. The third kappa shape index (κ3) is 3.84. The Kier molecular flexibility index (Phi) is 5.26. The zero-order valence-corrected chi connectivity index (χ0v) is 9.26. The number of carbonyl (C=O) groups excluding carboxylic acids is 1. The first-order valence-electron chi connectivity index (χ1n) is 5.15. The van der Waals surface area contributed by atoms with E-state index in [9.17, 15) is 4.79 Å². The first-order valence-corrected chi connectivity index (χ1v) is 5.59. The van der Waals surface area contributed by atoms with Gasteiger partial charge in [0.2, 0.25) is 0 Å². The van der Waals surface area contributed by atoms with E-state index in [1.165, 1.54) is 0 Å². The third-order valence-corrected chi connectivity index (χ3v) is 2.80. The van der Waals surface area contributed by atoms with Crippen LogP contribution in [0, 0.1) is 0 Å². The van der Waals surface area contributed by atoms with Gasteiger partial charge in [0.05, 0.1) is 18.1 Å². The van der Waals surface area contributed by atoms with Gasteiger partial charge in [0.25, 0.3) is 0 Å². The molecule has 0 amide bonds. The van der Waals surface area contributed by atoms with Gasteiger partial charge in [-0.1, -0.05) is 0 Å². The Morgan fingerprint density at radius 2 is 2.50 bits per heavy atom. The molecule has 1 heterocycles. The van der Waals surface area contributed by atoms with Crippen LogP contribution in [-0.4, -0.2) is 30.7 Å². The lowest BCUT2D eigenvalue weighted by Crippen LogP contribution is -2.21. The Hall–Kier alpha value is -0.280. The SMILES string of the molecule is CCOC(=O)CCC(Cl)C1CCCO1. The Labute approximate surface area is 89.7 Å². The Bertz CT molecular complexity index is 178. The number of ether oxygens (including phenoxy) is 2. The molecular weight excluding hydrogens is 204 g/mol. The van der Waals surface area contributed by atoms with Gasteiger partial charge in [-0.25, -0.2) is 0 Å². The van der Waals surface area contributed by atoms with Crippen LogP contribution in [0.3, 0.4) is 0 Å². The molecule has 1 aliphatic rings. The van der Waals surface area contributed by atoms with E-state index >= 15 is 0 Å². The highest BCUT2D eigenvalue weighted by molar-refractivity contribution is 6.21. The maximum atomic E-state index is 11.0. The summed E-state index contributed by atoms with van der Waals surface area (Å²) in [4.78, 5) is 11.0. The van der Waals surface area contributed by atoms with Crippen LogP contribution in [-0.2, 0) is 14.3 Å². The molecule has 0 N–H and O–H groups in total. The molecule has 4 heteroatoms. The van der Waals surface area contributed by atoms with E-state index < -0.39 is 0 Å². The van der Waals surface area contributed by atoms with Crippen LogP contribution in [0.2, 0.25) is 0 Å². The minimum absolute atomic E-state index is 0.0538. The number of rotatable bonds is 5. The Balaban J connectivity index is 2.13. The lowest BCUT2D eigenvalue weighted by atomic mass is 10.1. The zero-order chi connectivity index (χ0) is 10.4. The molecule has 0 bridgehead atoms. The number of esters is 1. The second kappa shape index (κ2) is 6.25. The molecule has 1 saturated heterocycles. The first kappa shape index (κ1) is 11.8. The van der Waals surface area contributed by atoms with Crippen molar-refractivity contribution in [2.75, 3.05) is 13.2 Å². The molecule has 0 radical (unpaired) electrons. The molecule has 14 heavy (non-hydrogen) atoms. The standard InChI is InChI=1S/C10H17ClO3/c1-2-13-10(12)6-5-8(11)9-4-3-7-14-9/h8-9H,2-7H2,1H3. The predicted molar refractivity (Wildman–Crippen MR) is 54.5 cm³/mol. The molecule has 0 saturated carbocycles. The molecule has 0 spiro atoms. The fourth-order valence-corrected chi connectivity index (χ4v) is 1.87. The van der Waals surface area contributed by atoms with Gasteiger partial charge in [0, 0.05) is 13.0 Å². The Morgan fingerprint density at radius 1 is 1.71 bits per heavy atom. The number of carbonyl (C=O) groups is 1. The normalized spacial score (nSPS) is 23.4. The molecular formula is C10H17ClO3. The van der Waals surface area contributed by atoms with Crippen LogP contribution >= 0.6 is 11.6 Å². The molecule has 82 valence electrons. The van der Waals surface area contributed by atoms with Crippen molar-refractivity contribution in [3.8, 4) is 0 Å². The summed E-state index contributed by atoms with van der Waals surface area (Å²) in [6.45, 7) is 3.04. The number of hydrogen-bond acceptors (Lipinski definition) is 3. The van der Waals surface area contributed by atoms with Crippen molar-refractivity contribution in [2.24, 2.45) is 0 Å². The molecule has 0 aromatic carbocycles. The van der Waals surface area contributed by atoms with Gasteiger partial charge in [-0.05, 0) is 26.2 Å². The molecule has 0 aliphatic carbocycles. The van der Waals surface area contributed by atoms with Gasteiger partial charge in [-0.3, -0.25) is 4.79 Å². The lowest BCUT2D eigenvalue weighted by Gasteiger charge is -2.15. The third-order valence-electron chi connectivity index (χ3n) is 2.30. The molecule has 1 rings (SSSR count). The van der Waals surface area contributed by atoms with Crippen molar-refractivity contribution in [3.63, 3.8) is 0 Å². The fourth-order valence-electron chi connectivity index (χ4n) is 1.56. The number of hydrogen-bond donors (Lipinski definition) is 0. The topological polar surface area (TPSA) is 35.5 Å². The van der Waals surface area contributed by atoms with Gasteiger partial charge in [0.1, 0.15) is 0 Å². The smallest absolute Gasteiger partial charge is 0.305 e. The van der Waals surface area contributed by atoms with E-state index in [-0.39, 0.29) is 17.5 Å². The summed E-state index contributed by atoms with van der Waals surface area (Å²) in [5.41, 5.74) is 0. The fraction of sp³-hybridized carbons (Fsp3) is 0.900. The van der Waals surface area contributed by atoms with Gasteiger partial charge in [-0.15, -0.1) is 11.6 Å². The van der Waals surface area contributed by atoms with Crippen molar-refractivity contribution < 1.29 is 14.3 Å². The van der Waals surface area contributed by atoms with Crippen LogP contribution in [0.4, 0.5) is 0 Å². The minimum Gasteiger partial charge on any atom is -0.466 e. The van der Waals surface area contributed by atoms with E-state index in [4.69, 9.17) is 21.1 Å². The first-order chi connectivity index (χ1) is 6.74. The van der Waals surface area contributed by atoms with E-state index in [2.05, 4.69) is 0 Å². The molecule has 2 atom stereocenters. The van der Waals surface area contributed by atoms with Crippen LogP contribution in [0.25, 0.3) is 0 Å². The maximum absolute atomic E-state index is 11.0. The van der Waals surface area contributed by atoms with Crippen molar-refractivity contribution in [1.82, 2.24) is 0 Å². The van der Waals surface area contributed by atoms with Crippen LogP contribution < -0.4 is 0 Å². The van der Waals surface area contributed by atoms with Crippen molar-refractivity contribution >= 4 is 17.6 Å². The summed E-state index contributed by atoms with van der Waals surface area (Å²) in [6, 6.07) is 0. The largest absolute Gasteiger partial charge is 0.466 e. The maximum Gasteiger partial charge on any atom is 0.305 e. The number of halogens is 1. The number of alkyl halides is 1. The van der Waals surface area contributed by atoms with E-state index in [0.29, 0.717) is 19.4 Å². The van der Waals surface area contributed by atoms with E-state index in [0.717, 1.165) is 19.4 Å². The van der Waals surface area contributed by atoms with Crippen LogP contribution in [0.5, 0.6) is 0 Å². The molecule has 3 nitrogen and oxygen atoms in total. The summed E-state index contributed by atoms with van der Waals surface area (Å²) in [6.07, 6.45) is 3.25. The summed E-state index contributed by atoms with van der Waals surface area (Å²) < 4.78 is 10.2. The Morgan fingerprint density at radius 3 is 3.07 bits per heavy atom. The molecule has 2 unspecified atom stereocenters. The summed E-state index contributed by atoms with van der Waals surface area (Å²) >= 11 is 6.10. The summed E-state index contributed by atoms with van der Waals surface area (Å²) in [5.74, 6) is -0.170. The predicted octanol–water partition coefficient (Wildman–Crippen LogP) is 2.12. The minimum atomic E-state index is -0.170. The van der Waals surface area contributed by atoms with Gasteiger partial charge in [0.15, 0.2) is 0 Å². The highest BCUT2D eigenvalue weighted by Gasteiger charge is 2.24.